The van der Waals surface area contributed by atoms with Gasteiger partial charge in [-0.25, -0.2) is 0 Å². The first-order chi connectivity index (χ1) is 19.9. The maximum atomic E-state index is 13.5. The fourth-order valence-electron chi connectivity index (χ4n) is 4.55. The Morgan fingerprint density at radius 1 is 0.860 bits per heavy atom. The molecule has 1 aromatic carbocycles. The van der Waals surface area contributed by atoms with Crippen LogP contribution in [0.4, 0.5) is 0 Å². The van der Waals surface area contributed by atoms with Gasteiger partial charge in [-0.15, -0.1) is 0 Å². The first kappa shape index (κ1) is 36.2. The Morgan fingerprint density at radius 3 is 1.98 bits per heavy atom. The molecule has 0 saturated carbocycles. The third kappa shape index (κ3) is 12.2. The number of Topliss-reactive ketones (excluding diaryl/α,β-unsaturated/α-hetero) is 1. The van der Waals surface area contributed by atoms with E-state index >= 15 is 0 Å². The van der Waals surface area contributed by atoms with Gasteiger partial charge in [-0.05, 0) is 70.9 Å². The number of carbonyl (C=O) groups excluding carboxylic acids is 6. The lowest BCUT2D eigenvalue weighted by Gasteiger charge is -2.33. The van der Waals surface area contributed by atoms with Crippen LogP contribution >= 0.6 is 22.6 Å². The summed E-state index contributed by atoms with van der Waals surface area (Å²) in [4.78, 5) is 79.6. The molecule has 4 N–H and O–H groups in total. The molecule has 0 aliphatic carbocycles. The smallest absolute Gasteiger partial charge is 0.289 e. The van der Waals surface area contributed by atoms with Gasteiger partial charge in [0.15, 0.2) is 0 Å². The molecule has 3 unspecified atom stereocenters. The van der Waals surface area contributed by atoms with Crippen LogP contribution in [0.15, 0.2) is 24.3 Å². The molecule has 1 heterocycles. The highest BCUT2D eigenvalue weighted by atomic mass is 127. The van der Waals surface area contributed by atoms with Crippen molar-refractivity contribution in [3.05, 3.63) is 33.4 Å². The van der Waals surface area contributed by atoms with E-state index < -0.39 is 47.0 Å². The number of ketones is 1. The normalized spacial score (nSPS) is 15.6. The Balaban J connectivity index is 2.15. The van der Waals surface area contributed by atoms with Gasteiger partial charge < -0.3 is 26.2 Å². The number of nitrogens with zero attached hydrogens (tertiary/aromatic N) is 1. The summed E-state index contributed by atoms with van der Waals surface area (Å²) >= 11 is 2.17. The molecular formula is C31H46IN5O6. The quantitative estimate of drug-likeness (QED) is 0.193. The number of hydrogen-bond acceptors (Lipinski definition) is 6. The van der Waals surface area contributed by atoms with Gasteiger partial charge in [0.25, 0.3) is 5.91 Å². The van der Waals surface area contributed by atoms with E-state index in [0.717, 1.165) is 22.0 Å². The number of benzene rings is 1. The Labute approximate surface area is 268 Å². The van der Waals surface area contributed by atoms with Crippen molar-refractivity contribution in [2.24, 2.45) is 10.8 Å². The van der Waals surface area contributed by atoms with Crippen LogP contribution in [0, 0.1) is 14.4 Å². The van der Waals surface area contributed by atoms with E-state index in [-0.39, 0.29) is 36.6 Å². The molecule has 0 spiro atoms. The maximum Gasteiger partial charge on any atom is 0.289 e. The molecule has 12 heteroatoms. The van der Waals surface area contributed by atoms with E-state index in [1.54, 1.807) is 25.7 Å². The van der Waals surface area contributed by atoms with Crippen molar-refractivity contribution >= 4 is 57.9 Å². The summed E-state index contributed by atoms with van der Waals surface area (Å²) in [5.41, 5.74) is -0.206. The Kier molecular flexibility index (Phi) is 13.1. The molecule has 11 nitrogen and oxygen atoms in total. The van der Waals surface area contributed by atoms with Crippen molar-refractivity contribution in [1.29, 1.82) is 0 Å². The molecule has 238 valence electrons. The maximum absolute atomic E-state index is 13.5. The lowest BCUT2D eigenvalue weighted by atomic mass is 9.85. The second-order valence-corrected chi connectivity index (χ2v) is 14.6. The fraction of sp³-hybridized carbons (Fsp3) is 0.613. The topological polar surface area (TPSA) is 154 Å². The monoisotopic (exact) mass is 711 g/mol. The van der Waals surface area contributed by atoms with Gasteiger partial charge in [0.2, 0.25) is 29.4 Å². The molecule has 0 aromatic heterocycles. The van der Waals surface area contributed by atoms with Crippen molar-refractivity contribution in [3.63, 3.8) is 0 Å². The summed E-state index contributed by atoms with van der Waals surface area (Å²) in [7, 11) is 0. The van der Waals surface area contributed by atoms with Gasteiger partial charge in [0.05, 0.1) is 12.5 Å². The number of amides is 5. The summed E-state index contributed by atoms with van der Waals surface area (Å²) in [6.07, 6.45) is 1.56. The molecule has 1 fully saturated rings. The molecule has 1 aliphatic heterocycles. The lowest BCUT2D eigenvalue weighted by Crippen LogP contribution is -2.59. The van der Waals surface area contributed by atoms with Gasteiger partial charge in [-0.1, -0.05) is 53.7 Å². The van der Waals surface area contributed by atoms with Crippen LogP contribution in [0.3, 0.4) is 0 Å². The molecule has 0 bridgehead atoms. The van der Waals surface area contributed by atoms with Gasteiger partial charge in [-0.3, -0.25) is 28.8 Å². The minimum absolute atomic E-state index is 0.139. The lowest BCUT2D eigenvalue weighted by molar-refractivity contribution is -0.141. The molecular weight excluding hydrogens is 665 g/mol. The SMILES string of the molecule is CC(NC(=O)C(CC(=O)N1CCCC1)NC(=O)C(NC(=O)CC(C)(C)C)C(C)(C)C)C(=O)C(=O)NCc1ccc(I)cc1. The van der Waals surface area contributed by atoms with Crippen LogP contribution in [0.1, 0.15) is 79.7 Å². The first-order valence-corrected chi connectivity index (χ1v) is 15.7. The van der Waals surface area contributed by atoms with Gasteiger partial charge in [0, 0.05) is 29.6 Å². The van der Waals surface area contributed by atoms with E-state index in [0.29, 0.717) is 13.1 Å². The van der Waals surface area contributed by atoms with Crippen molar-refractivity contribution < 1.29 is 28.8 Å². The third-order valence-electron chi connectivity index (χ3n) is 6.94. The van der Waals surface area contributed by atoms with Gasteiger partial charge >= 0.3 is 0 Å². The van der Waals surface area contributed by atoms with Crippen LogP contribution < -0.4 is 21.3 Å². The second kappa shape index (κ2) is 15.6. The van der Waals surface area contributed by atoms with E-state index in [1.807, 2.05) is 45.0 Å². The number of rotatable bonds is 12. The largest absolute Gasteiger partial charge is 0.345 e. The summed E-state index contributed by atoms with van der Waals surface area (Å²) in [5, 5.41) is 10.5. The van der Waals surface area contributed by atoms with Crippen molar-refractivity contribution in [3.8, 4) is 0 Å². The Bertz CT molecular complexity index is 1180. The third-order valence-corrected chi connectivity index (χ3v) is 7.66. The first-order valence-electron chi connectivity index (χ1n) is 14.6. The van der Waals surface area contributed by atoms with Gasteiger partial charge in [-0.2, -0.15) is 0 Å². The number of halogens is 1. The minimum Gasteiger partial charge on any atom is -0.345 e. The molecule has 5 amide bonds. The van der Waals surface area contributed by atoms with Crippen molar-refractivity contribution in [2.45, 2.75) is 98.8 Å². The average molecular weight is 712 g/mol. The average Bonchev–Trinajstić information content (AvgIpc) is 3.44. The number of nitrogens with one attached hydrogen (secondary N) is 4. The van der Waals surface area contributed by atoms with Crippen LogP contribution in [-0.2, 0) is 35.3 Å². The minimum atomic E-state index is -1.32. The number of likely N-dealkylation sites (tertiary alicyclic amines) is 1. The summed E-state index contributed by atoms with van der Waals surface area (Å²) < 4.78 is 1.03. The summed E-state index contributed by atoms with van der Waals surface area (Å²) in [6, 6.07) is 3.89. The molecule has 3 atom stereocenters. The van der Waals surface area contributed by atoms with E-state index in [1.165, 1.54) is 6.92 Å². The van der Waals surface area contributed by atoms with Crippen LogP contribution in [0.5, 0.6) is 0 Å². The van der Waals surface area contributed by atoms with Gasteiger partial charge in [0.1, 0.15) is 12.1 Å². The van der Waals surface area contributed by atoms with Crippen molar-refractivity contribution in [2.75, 3.05) is 13.1 Å². The Morgan fingerprint density at radius 2 is 1.44 bits per heavy atom. The summed E-state index contributed by atoms with van der Waals surface area (Å²) in [6.45, 7) is 13.7. The second-order valence-electron chi connectivity index (χ2n) is 13.4. The molecule has 43 heavy (non-hydrogen) atoms. The number of carbonyl (C=O) groups is 6. The van der Waals surface area contributed by atoms with Crippen LogP contribution in [-0.4, -0.2) is 71.4 Å². The predicted molar refractivity (Wildman–Crippen MR) is 171 cm³/mol. The molecule has 0 radical (unpaired) electrons. The van der Waals surface area contributed by atoms with E-state index in [9.17, 15) is 28.8 Å². The zero-order valence-electron chi connectivity index (χ0n) is 26.3. The fourth-order valence-corrected chi connectivity index (χ4v) is 4.91. The standard InChI is InChI=1S/C31H46IN5O6/c1-19(25(40)28(42)33-18-20-10-12-21(32)13-11-20)34-27(41)22(16-24(39)37-14-8-9-15-37)35-29(43)26(31(5,6)7)36-23(38)17-30(2,3)4/h10-13,19,22,26H,8-9,14-18H2,1-7H3,(H,33,42)(H,34,41)(H,35,43)(H,36,38). The molecule has 2 rings (SSSR count). The summed E-state index contributed by atoms with van der Waals surface area (Å²) in [5.74, 6) is -3.76. The van der Waals surface area contributed by atoms with E-state index in [2.05, 4.69) is 43.9 Å². The highest BCUT2D eigenvalue weighted by Crippen LogP contribution is 2.23. The zero-order valence-corrected chi connectivity index (χ0v) is 28.4. The zero-order chi connectivity index (χ0) is 32.5. The van der Waals surface area contributed by atoms with Crippen LogP contribution in [0.25, 0.3) is 0 Å². The number of hydrogen-bond donors (Lipinski definition) is 4. The van der Waals surface area contributed by atoms with Crippen LogP contribution in [0.2, 0.25) is 0 Å². The Hall–Kier alpha value is -3.03. The highest BCUT2D eigenvalue weighted by Gasteiger charge is 2.37. The van der Waals surface area contributed by atoms with E-state index in [4.69, 9.17) is 0 Å². The molecule has 1 aliphatic rings. The van der Waals surface area contributed by atoms with Crippen molar-refractivity contribution in [1.82, 2.24) is 26.2 Å². The molecule has 1 aromatic rings. The highest BCUT2D eigenvalue weighted by molar-refractivity contribution is 14.1. The molecule has 1 saturated heterocycles. The predicted octanol–water partition coefficient (Wildman–Crippen LogP) is 2.45.